The number of likely N-dealkylation sites (N-methyl/N-ethyl adjacent to an activating group) is 5. The number of nitrogens with two attached hydrogens (primary N) is 1. The van der Waals surface area contributed by atoms with Gasteiger partial charge in [-0.05, 0) is 118 Å². The van der Waals surface area contributed by atoms with Crippen molar-refractivity contribution in [3.8, 4) is 11.5 Å². The number of carboxylic acids is 1. The van der Waals surface area contributed by atoms with Crippen molar-refractivity contribution in [1.29, 1.82) is 0 Å². The molecule has 0 saturated carbocycles. The van der Waals surface area contributed by atoms with E-state index in [0.717, 1.165) is 36.5 Å². The number of halogens is 1. The maximum Gasteiger partial charge on any atom is 0.305 e. The molecule has 698 valence electrons. The molecule has 130 heavy (non-hydrogen) atoms. The fraction of sp³-hybridized carbons (Fsp3) is 0.430. The number of unbranched alkanes of at least 4 members (excludes halogenated alkanes) is 1. The first-order valence-electron chi connectivity index (χ1n) is 42.8. The summed E-state index contributed by atoms with van der Waals surface area (Å²) in [5, 5.41) is 70.2. The molecule has 2 heterocycles. The maximum atomic E-state index is 15.6. The van der Waals surface area contributed by atoms with Gasteiger partial charge in [-0.25, -0.2) is 0 Å². The summed E-state index contributed by atoms with van der Waals surface area (Å²) in [6.07, 6.45) is -3.06. The third kappa shape index (κ3) is 31.1. The molecule has 0 radical (unpaired) electrons. The molecule has 0 spiro atoms. The van der Waals surface area contributed by atoms with Gasteiger partial charge < -0.3 is 93.2 Å². The fourth-order valence-corrected chi connectivity index (χ4v) is 17.0. The summed E-state index contributed by atoms with van der Waals surface area (Å²) in [5.41, 5.74) is 8.53. The van der Waals surface area contributed by atoms with E-state index in [9.17, 15) is 54.0 Å². The van der Waals surface area contributed by atoms with Gasteiger partial charge in [-0.2, -0.15) is 11.8 Å². The second-order valence-corrected chi connectivity index (χ2v) is 35.7. The number of carbonyl (C=O) groups is 15. The van der Waals surface area contributed by atoms with E-state index >= 15 is 38.4 Å². The summed E-state index contributed by atoms with van der Waals surface area (Å²) < 4.78 is 0.821. The molecule has 14 amide bonds. The van der Waals surface area contributed by atoms with Crippen molar-refractivity contribution in [2.24, 2.45) is 17.6 Å². The van der Waals surface area contributed by atoms with Crippen LogP contribution in [0.5, 0.6) is 11.5 Å². The van der Waals surface area contributed by atoms with Crippen LogP contribution < -0.4 is 53.6 Å². The fourth-order valence-electron chi connectivity index (χ4n) is 14.9. The quantitative estimate of drug-likeness (QED) is 0.0436. The Labute approximate surface area is 768 Å². The number of amides is 14. The van der Waals surface area contributed by atoms with Crippen molar-refractivity contribution in [3.05, 3.63) is 202 Å². The van der Waals surface area contributed by atoms with E-state index in [1.807, 2.05) is 25.1 Å². The van der Waals surface area contributed by atoms with Gasteiger partial charge in [0.25, 0.3) is 0 Å². The third-order valence-electron chi connectivity index (χ3n) is 22.1. The Bertz CT molecular complexity index is 5080. The number of phenols is 2. The van der Waals surface area contributed by atoms with E-state index in [1.54, 1.807) is 124 Å². The molecule has 1 aromatic heterocycles. The highest BCUT2D eigenvalue weighted by Gasteiger charge is 2.42. The summed E-state index contributed by atoms with van der Waals surface area (Å²) in [4.78, 5) is 226. The molecule has 34 nitrogen and oxygen atoms in total. The number of hydrogen-bond acceptors (Lipinski definition) is 21. The van der Waals surface area contributed by atoms with Crippen LogP contribution in [0, 0.1) is 11.8 Å². The second-order valence-electron chi connectivity index (χ2n) is 33.2. The maximum absolute atomic E-state index is 15.6. The molecule has 1 fully saturated rings. The van der Waals surface area contributed by atoms with Crippen molar-refractivity contribution in [2.75, 3.05) is 66.4 Å². The van der Waals surface area contributed by atoms with Gasteiger partial charge in [-0.3, -0.25) is 77.2 Å². The lowest BCUT2D eigenvalue weighted by Gasteiger charge is -2.37. The number of carbonyl (C=O) groups excluding carboxylic acids is 14. The number of carboxylic acid groups (broad SMARTS) is 1. The van der Waals surface area contributed by atoms with Crippen LogP contribution >= 0.6 is 34.7 Å². The van der Waals surface area contributed by atoms with Gasteiger partial charge in [0.2, 0.25) is 82.7 Å². The Balaban J connectivity index is 1.21. The number of rotatable bonds is 23. The van der Waals surface area contributed by atoms with Crippen LogP contribution in [0.3, 0.4) is 0 Å². The summed E-state index contributed by atoms with van der Waals surface area (Å²) in [6.45, 7) is 6.22. The lowest BCUT2D eigenvalue weighted by molar-refractivity contribution is -0.151. The van der Waals surface area contributed by atoms with E-state index in [0.29, 0.717) is 51.2 Å². The highest BCUT2D eigenvalue weighted by molar-refractivity contribution is 7.99. The standard InChI is InChI=1S/C93H118ClN15O19S2/c1-11-12-26-73-91(126)106(7)50-79(114)98-69(47-81(116)117)87(122)104-82(55(4)5)93(128)108(9)74(44-56-21-15-13-16-22-56)88(123)102-70(42-60-32-38-64(111)39-33-60)89(124)105(6)49-78(113)97-68(46-61-51-130-76-27-20-19-25-65(61)76)86(121)101-67(41-59-30-36-63(110)37-31-59)85(120)100-66(40-54(2)3)84(119)103-72(83(118)96-48-77(95)112)52-129-53-80(115)99-71(43-58-28-34-62(94)35-29-58)90(125)109(10)75(92(127)107(73)8)45-57-23-17-14-18-24-57/h13-25,27-39,51,54-55,66-75,80,82,99,110-111,115H,11-12,26,40-50,52-53H2,1-10H3,(H2,95,112)(H,96,118)(H,97,113)(H,98,114)(H,100,120)(H,101,121)(H,102,123)(H,103,119)(H,104,122)(H,116,117)/t66-,67-,68-,69-,70-,71-,72-,73-,74-,75-,80?,82-/m0/s1. The van der Waals surface area contributed by atoms with Gasteiger partial charge in [-0.15, -0.1) is 11.3 Å². The number of fused-ring (bicyclic) bond motifs is 1. The number of aliphatic carboxylic acids is 1. The van der Waals surface area contributed by atoms with Crippen molar-refractivity contribution < 1.29 is 92.3 Å². The topological polar surface area (TPSA) is 487 Å². The van der Waals surface area contributed by atoms with Gasteiger partial charge in [0.15, 0.2) is 0 Å². The number of aliphatic hydroxyl groups excluding tert-OH is 1. The van der Waals surface area contributed by atoms with Crippen LogP contribution in [0.4, 0.5) is 0 Å². The van der Waals surface area contributed by atoms with Crippen LogP contribution in [0.15, 0.2) is 163 Å². The van der Waals surface area contributed by atoms with E-state index in [-0.39, 0.29) is 80.3 Å². The molecule has 0 aliphatic carbocycles. The number of aliphatic hydroxyl groups is 1. The Morgan fingerprint density at radius 3 is 1.52 bits per heavy atom. The first-order chi connectivity index (χ1) is 61.8. The third-order valence-corrected chi connectivity index (χ3v) is 24.5. The lowest BCUT2D eigenvalue weighted by atomic mass is 9.98. The molecular weight excluding hydrogens is 1730 g/mol. The highest BCUT2D eigenvalue weighted by Crippen LogP contribution is 2.28. The average Bonchev–Trinajstić information content (AvgIpc) is 1.33. The van der Waals surface area contributed by atoms with Crippen molar-refractivity contribution in [1.82, 2.24) is 72.4 Å². The Morgan fingerprint density at radius 1 is 0.492 bits per heavy atom. The molecule has 0 bridgehead atoms. The molecular formula is C93H118ClN15O19S2. The van der Waals surface area contributed by atoms with Crippen LogP contribution in [0.25, 0.3) is 10.1 Å². The Kier molecular flexibility index (Phi) is 39.5. The number of nitrogens with zero attached hydrogens (tertiary/aromatic N) is 5. The van der Waals surface area contributed by atoms with Gasteiger partial charge in [0.1, 0.15) is 78.1 Å². The minimum Gasteiger partial charge on any atom is -0.508 e. The predicted octanol–water partition coefficient (Wildman–Crippen LogP) is 3.51. The van der Waals surface area contributed by atoms with E-state index in [1.165, 1.54) is 105 Å². The number of phenolic OH excluding ortho intramolecular Hbond substituents is 2. The largest absolute Gasteiger partial charge is 0.508 e. The van der Waals surface area contributed by atoms with Crippen molar-refractivity contribution in [3.63, 3.8) is 0 Å². The number of thioether (sulfide) groups is 1. The number of aromatic hydroxyl groups is 2. The van der Waals surface area contributed by atoms with Gasteiger partial charge in [0.05, 0.1) is 32.1 Å². The Morgan fingerprint density at radius 2 is 0.962 bits per heavy atom. The zero-order chi connectivity index (χ0) is 95.2. The molecule has 15 N–H and O–H groups in total. The number of hydrogen-bond donors (Lipinski definition) is 14. The molecule has 6 aromatic carbocycles. The first-order valence-corrected chi connectivity index (χ1v) is 45.2. The number of primary amides is 1. The number of thiophene rings is 1. The van der Waals surface area contributed by atoms with Crippen LogP contribution in [-0.2, 0) is 110 Å². The molecule has 1 aliphatic rings. The van der Waals surface area contributed by atoms with Crippen LogP contribution in [0.2, 0.25) is 5.02 Å². The molecule has 12 atom stereocenters. The normalized spacial score (nSPS) is 22.5. The van der Waals surface area contributed by atoms with Crippen LogP contribution in [0.1, 0.15) is 100 Å². The predicted molar refractivity (Wildman–Crippen MR) is 492 cm³/mol. The molecule has 1 unspecified atom stereocenters. The number of nitrogens with one attached hydrogen (secondary N) is 9. The lowest BCUT2D eigenvalue weighted by Crippen LogP contribution is -2.61. The van der Waals surface area contributed by atoms with Gasteiger partial charge >= 0.3 is 5.97 Å². The minimum absolute atomic E-state index is 0.0311. The average molecular weight is 1850 g/mol. The molecule has 1 saturated heterocycles. The molecule has 1 aliphatic heterocycles. The summed E-state index contributed by atoms with van der Waals surface area (Å²) in [6, 6.07) is 25.5. The van der Waals surface area contributed by atoms with Crippen LogP contribution in [-0.4, -0.2) is 273 Å². The zero-order valence-electron chi connectivity index (χ0n) is 74.4. The Hall–Kier alpha value is -12.5. The molecule has 7 aromatic rings. The zero-order valence-corrected chi connectivity index (χ0v) is 76.8. The summed E-state index contributed by atoms with van der Waals surface area (Å²) in [5.74, 6) is -16.3. The first kappa shape index (κ1) is 103. The van der Waals surface area contributed by atoms with E-state index in [4.69, 9.17) is 17.3 Å². The summed E-state index contributed by atoms with van der Waals surface area (Å²) in [7, 11) is 6.57. The van der Waals surface area contributed by atoms with Gasteiger partial charge in [-0.1, -0.05) is 174 Å². The number of benzene rings is 6. The monoisotopic (exact) mass is 1850 g/mol. The van der Waals surface area contributed by atoms with E-state index < -0.39 is 193 Å². The highest BCUT2D eigenvalue weighted by atomic mass is 35.5. The van der Waals surface area contributed by atoms with Gasteiger partial charge in [0, 0.05) is 88.6 Å². The smallest absolute Gasteiger partial charge is 0.305 e. The summed E-state index contributed by atoms with van der Waals surface area (Å²) >= 11 is 8.61. The molecule has 37 heteroatoms. The SMILES string of the molecule is CCCC[C@H]1C(=O)N(C)CC(=O)N[C@@H](CC(=O)O)C(=O)N[C@@H](C(C)C)C(=O)N(C)[C@@H](Cc2ccccc2)C(=O)N[C@@H](Cc2ccc(O)cc2)C(=O)N(C)CC(=O)N[C@@H](Cc2csc3ccccc23)C(=O)N[C@@H](Cc2ccc(O)cc2)C(=O)N[C@@H](CC(C)C)C(=O)N[C@H](C(=O)NCC(N)=O)CSCC(O)N[C@@H](Cc2ccc(Cl)cc2)C(=O)N(C)[C@@H](Cc2ccccc2)C(=O)N1C. The molecule has 8 rings (SSSR count). The minimum atomic E-state index is -1.91. The van der Waals surface area contributed by atoms with Crippen molar-refractivity contribution >= 4 is 133 Å². The van der Waals surface area contributed by atoms with E-state index in [2.05, 4.69) is 47.9 Å². The van der Waals surface area contributed by atoms with Crippen molar-refractivity contribution in [2.45, 2.75) is 178 Å². The second kappa shape index (κ2) is 49.9.